The molecule has 1 N–H and O–H groups in total. The molecule has 2 aromatic rings. The van der Waals surface area contributed by atoms with E-state index < -0.39 is 0 Å². The summed E-state index contributed by atoms with van der Waals surface area (Å²) >= 11 is 1.83. The highest BCUT2D eigenvalue weighted by Crippen LogP contribution is 2.63. The third-order valence-electron chi connectivity index (χ3n) is 6.89. The van der Waals surface area contributed by atoms with Crippen molar-refractivity contribution in [2.75, 3.05) is 5.32 Å². The molecule has 0 aliphatic heterocycles. The van der Waals surface area contributed by atoms with Crippen LogP contribution in [0.25, 0.3) is 10.2 Å². The molecule has 134 valence electrons. The molecule has 0 saturated heterocycles. The number of para-hydroxylation sites is 1. The highest BCUT2D eigenvalue weighted by atomic mass is 32.1. The first-order chi connectivity index (χ1) is 11.9. The lowest BCUT2D eigenvalue weighted by molar-refractivity contribution is -0.0798. The van der Waals surface area contributed by atoms with Crippen LogP contribution < -0.4 is 5.32 Å². The number of hydrogen-bond donors (Lipinski definition) is 1. The van der Waals surface area contributed by atoms with E-state index in [0.29, 0.717) is 16.9 Å². The maximum Gasteiger partial charge on any atom is 0.184 e. The molecule has 4 aliphatic carbocycles. The molecule has 1 heterocycles. The van der Waals surface area contributed by atoms with Gasteiger partial charge in [-0.15, -0.1) is 0 Å². The van der Waals surface area contributed by atoms with Crippen molar-refractivity contribution in [3.05, 3.63) is 24.3 Å². The van der Waals surface area contributed by atoms with Crippen LogP contribution in [-0.4, -0.2) is 11.0 Å². The Hall–Kier alpha value is -1.09. The summed E-state index contributed by atoms with van der Waals surface area (Å²) in [6, 6.07) is 9.18. The van der Waals surface area contributed by atoms with E-state index in [9.17, 15) is 0 Å². The second-order valence-electron chi connectivity index (χ2n) is 10.4. The number of aromatic nitrogens is 1. The second kappa shape index (κ2) is 5.45. The molecule has 1 aromatic heterocycles. The fourth-order valence-electron chi connectivity index (χ4n) is 6.85. The van der Waals surface area contributed by atoms with E-state index in [1.807, 2.05) is 11.3 Å². The lowest BCUT2D eigenvalue weighted by Gasteiger charge is -2.61. The average Bonchev–Trinajstić information content (AvgIpc) is 2.90. The van der Waals surface area contributed by atoms with Gasteiger partial charge in [0.25, 0.3) is 0 Å². The minimum Gasteiger partial charge on any atom is -0.358 e. The first-order valence-corrected chi connectivity index (χ1v) is 10.8. The van der Waals surface area contributed by atoms with Gasteiger partial charge in [0.05, 0.1) is 10.2 Å². The summed E-state index contributed by atoms with van der Waals surface area (Å²) in [4.78, 5) is 4.85. The Bertz CT molecular complexity index is 738. The number of nitrogens with one attached hydrogen (secondary N) is 1. The maximum atomic E-state index is 4.85. The normalized spacial score (nSPS) is 36.9. The van der Waals surface area contributed by atoms with E-state index >= 15 is 0 Å². The number of rotatable bonds is 3. The smallest absolute Gasteiger partial charge is 0.184 e. The van der Waals surface area contributed by atoms with Crippen molar-refractivity contribution >= 4 is 26.7 Å². The van der Waals surface area contributed by atoms with Crippen LogP contribution in [0.5, 0.6) is 0 Å². The van der Waals surface area contributed by atoms with Gasteiger partial charge in [-0.05, 0) is 79.2 Å². The fraction of sp³-hybridized carbons (Fsp3) is 0.682. The molecule has 1 aromatic carbocycles. The Kier molecular flexibility index (Phi) is 3.51. The molecule has 6 rings (SSSR count). The van der Waals surface area contributed by atoms with Gasteiger partial charge in [-0.25, -0.2) is 4.98 Å². The zero-order valence-corrected chi connectivity index (χ0v) is 16.5. The Labute approximate surface area is 155 Å². The van der Waals surface area contributed by atoms with Crippen molar-refractivity contribution in [1.82, 2.24) is 4.98 Å². The van der Waals surface area contributed by atoms with Crippen molar-refractivity contribution in [3.63, 3.8) is 0 Å². The molecule has 4 fully saturated rings. The quantitative estimate of drug-likeness (QED) is 0.695. The van der Waals surface area contributed by atoms with Crippen LogP contribution in [0.15, 0.2) is 24.3 Å². The molecule has 2 unspecified atom stereocenters. The molecule has 2 atom stereocenters. The van der Waals surface area contributed by atoms with Crippen LogP contribution in [0.4, 0.5) is 5.13 Å². The van der Waals surface area contributed by atoms with E-state index in [2.05, 4.69) is 50.4 Å². The third kappa shape index (κ3) is 2.89. The maximum absolute atomic E-state index is 4.85. The van der Waals surface area contributed by atoms with Gasteiger partial charge in [-0.2, -0.15) is 0 Å². The van der Waals surface area contributed by atoms with Gasteiger partial charge < -0.3 is 5.32 Å². The minimum absolute atomic E-state index is 0.460. The van der Waals surface area contributed by atoms with E-state index in [0.717, 1.165) is 28.4 Å². The fourth-order valence-corrected chi connectivity index (χ4v) is 7.76. The van der Waals surface area contributed by atoms with Crippen molar-refractivity contribution in [2.24, 2.45) is 28.6 Å². The van der Waals surface area contributed by atoms with Gasteiger partial charge >= 0.3 is 0 Å². The molecular weight excluding hydrogens is 324 g/mol. The summed E-state index contributed by atoms with van der Waals surface area (Å²) in [5.74, 6) is 2.72. The third-order valence-corrected chi connectivity index (χ3v) is 7.86. The van der Waals surface area contributed by atoms with E-state index in [-0.39, 0.29) is 0 Å². The lowest BCUT2D eigenvalue weighted by atomic mass is 9.46. The molecule has 0 amide bonds. The topological polar surface area (TPSA) is 24.9 Å². The Morgan fingerprint density at radius 2 is 1.84 bits per heavy atom. The van der Waals surface area contributed by atoms with Gasteiger partial charge in [-0.3, -0.25) is 0 Å². The van der Waals surface area contributed by atoms with Gasteiger partial charge in [0.1, 0.15) is 0 Å². The van der Waals surface area contributed by atoms with Crippen molar-refractivity contribution in [3.8, 4) is 0 Å². The standard InChI is InChI=1S/C22H30N2S/c1-21(2,3)13-22-10-14-8-15(11-22)19(16(9-14)12-22)24-20-23-17-6-4-5-7-18(17)25-20/h4-7,14-16,19H,8-13H2,1-3H3,(H,23,24). The molecule has 0 spiro atoms. The Balaban J connectivity index is 1.38. The Morgan fingerprint density at radius 1 is 1.12 bits per heavy atom. The van der Waals surface area contributed by atoms with Gasteiger partial charge in [-0.1, -0.05) is 44.2 Å². The van der Waals surface area contributed by atoms with Crippen LogP contribution in [0.1, 0.15) is 59.3 Å². The monoisotopic (exact) mass is 354 g/mol. The summed E-state index contributed by atoms with van der Waals surface area (Å²) in [7, 11) is 0. The first kappa shape index (κ1) is 16.1. The average molecular weight is 355 g/mol. The molecule has 4 bridgehead atoms. The summed E-state index contributed by atoms with van der Waals surface area (Å²) in [6.45, 7) is 7.30. The highest BCUT2D eigenvalue weighted by molar-refractivity contribution is 7.22. The van der Waals surface area contributed by atoms with E-state index in [4.69, 9.17) is 4.98 Å². The second-order valence-corrected chi connectivity index (χ2v) is 11.4. The molecule has 2 nitrogen and oxygen atoms in total. The number of thiazole rings is 1. The number of nitrogens with zero attached hydrogens (tertiary/aromatic N) is 1. The van der Waals surface area contributed by atoms with Crippen molar-refractivity contribution < 1.29 is 0 Å². The van der Waals surface area contributed by atoms with Crippen molar-refractivity contribution in [2.45, 2.75) is 65.3 Å². The summed E-state index contributed by atoms with van der Waals surface area (Å²) in [5.41, 5.74) is 2.24. The van der Waals surface area contributed by atoms with Crippen molar-refractivity contribution in [1.29, 1.82) is 0 Å². The van der Waals surface area contributed by atoms with Crippen LogP contribution in [0.2, 0.25) is 0 Å². The first-order valence-electron chi connectivity index (χ1n) is 10.0. The molecule has 25 heavy (non-hydrogen) atoms. The Morgan fingerprint density at radius 3 is 2.52 bits per heavy atom. The molecule has 0 radical (unpaired) electrons. The number of fused-ring (bicyclic) bond motifs is 1. The molecular formula is C22H30N2S. The predicted octanol–water partition coefficient (Wildman–Crippen LogP) is 6.34. The number of benzene rings is 1. The highest BCUT2D eigenvalue weighted by Gasteiger charge is 2.55. The van der Waals surface area contributed by atoms with Crippen LogP contribution in [0, 0.1) is 28.6 Å². The summed E-state index contributed by atoms with van der Waals surface area (Å²) < 4.78 is 1.30. The SMILES string of the molecule is CC(C)(C)CC12CC3CC(C1)C(Nc1nc4ccccc4s1)C(C3)C2. The van der Waals surface area contributed by atoms with Crippen LogP contribution in [-0.2, 0) is 0 Å². The summed E-state index contributed by atoms with van der Waals surface area (Å²) in [6.07, 6.45) is 8.71. The summed E-state index contributed by atoms with van der Waals surface area (Å²) in [5, 5.41) is 5.04. The zero-order valence-electron chi connectivity index (χ0n) is 15.7. The minimum atomic E-state index is 0.460. The van der Waals surface area contributed by atoms with E-state index in [1.165, 1.54) is 43.2 Å². The molecule has 4 saturated carbocycles. The van der Waals surface area contributed by atoms with Gasteiger partial charge in [0, 0.05) is 6.04 Å². The predicted molar refractivity (Wildman–Crippen MR) is 107 cm³/mol. The number of hydrogen-bond acceptors (Lipinski definition) is 3. The van der Waals surface area contributed by atoms with Crippen LogP contribution >= 0.6 is 11.3 Å². The van der Waals surface area contributed by atoms with Crippen LogP contribution in [0.3, 0.4) is 0 Å². The largest absolute Gasteiger partial charge is 0.358 e. The molecule has 3 heteroatoms. The van der Waals surface area contributed by atoms with E-state index in [1.54, 1.807) is 0 Å². The lowest BCUT2D eigenvalue weighted by Crippen LogP contribution is -2.56. The molecule has 4 aliphatic rings. The number of anilines is 1. The van der Waals surface area contributed by atoms with Gasteiger partial charge in [0.15, 0.2) is 5.13 Å². The zero-order chi connectivity index (χ0) is 17.2. The van der Waals surface area contributed by atoms with Gasteiger partial charge in [0.2, 0.25) is 0 Å².